The summed E-state index contributed by atoms with van der Waals surface area (Å²) in [5.74, 6) is 0. The number of aromatic nitrogens is 1. The highest BCUT2D eigenvalue weighted by atomic mass is 32.1. The van der Waals surface area contributed by atoms with Crippen LogP contribution in [0.3, 0.4) is 0 Å². The highest BCUT2D eigenvalue weighted by molar-refractivity contribution is 7.12. The maximum Gasteiger partial charge on any atom is 0.515 e. The first-order valence-electron chi connectivity index (χ1n) is 7.35. The number of nitrogens with zero attached hydrogens (tertiary/aromatic N) is 1. The standard InChI is InChI=1S/C16H20BNO3S/c1-15(2)16(3,4)21-17(20-15)13-11-22-14(18-13)19-10-12-8-6-5-7-9-12/h5-9,11H,10H2,1-4H3. The van der Waals surface area contributed by atoms with Gasteiger partial charge in [0.1, 0.15) is 6.61 Å². The Balaban J connectivity index is 1.65. The summed E-state index contributed by atoms with van der Waals surface area (Å²) in [7, 11) is -0.435. The van der Waals surface area contributed by atoms with Gasteiger partial charge in [0, 0.05) is 5.38 Å². The summed E-state index contributed by atoms with van der Waals surface area (Å²) >= 11 is 1.46. The summed E-state index contributed by atoms with van der Waals surface area (Å²) in [6.45, 7) is 8.65. The van der Waals surface area contributed by atoms with Crippen LogP contribution in [0.25, 0.3) is 0 Å². The van der Waals surface area contributed by atoms with E-state index in [0.29, 0.717) is 11.8 Å². The van der Waals surface area contributed by atoms with Gasteiger partial charge in [-0.2, -0.15) is 0 Å². The third-order valence-electron chi connectivity index (χ3n) is 4.20. The van der Waals surface area contributed by atoms with Gasteiger partial charge in [0.2, 0.25) is 0 Å². The van der Waals surface area contributed by atoms with Gasteiger partial charge in [-0.1, -0.05) is 41.7 Å². The largest absolute Gasteiger partial charge is 0.515 e. The summed E-state index contributed by atoms with van der Waals surface area (Å²) in [5.41, 5.74) is 1.18. The van der Waals surface area contributed by atoms with E-state index >= 15 is 0 Å². The van der Waals surface area contributed by atoms with Gasteiger partial charge in [0.05, 0.1) is 16.8 Å². The molecule has 2 heterocycles. The van der Waals surface area contributed by atoms with Crippen molar-refractivity contribution in [2.45, 2.75) is 45.5 Å². The molecule has 0 N–H and O–H groups in total. The second kappa shape index (κ2) is 5.68. The molecule has 0 aliphatic carbocycles. The van der Waals surface area contributed by atoms with Crippen LogP contribution in [0.5, 0.6) is 5.19 Å². The maximum atomic E-state index is 5.99. The zero-order valence-corrected chi connectivity index (χ0v) is 14.1. The molecular weight excluding hydrogens is 297 g/mol. The van der Waals surface area contributed by atoms with Crippen molar-refractivity contribution in [2.75, 3.05) is 0 Å². The SMILES string of the molecule is CC1(C)OB(c2csc(OCc3ccccc3)n2)OC1(C)C. The van der Waals surface area contributed by atoms with Crippen molar-refractivity contribution in [3.8, 4) is 5.19 Å². The lowest BCUT2D eigenvalue weighted by molar-refractivity contribution is 0.00578. The number of rotatable bonds is 4. The van der Waals surface area contributed by atoms with Crippen LogP contribution in [0.2, 0.25) is 0 Å². The van der Waals surface area contributed by atoms with Crippen molar-refractivity contribution in [3.05, 3.63) is 41.3 Å². The highest BCUT2D eigenvalue weighted by Crippen LogP contribution is 2.36. The first kappa shape index (κ1) is 15.5. The molecule has 116 valence electrons. The number of hydrogen-bond donors (Lipinski definition) is 0. The number of thiazole rings is 1. The van der Waals surface area contributed by atoms with Gasteiger partial charge in [-0.15, -0.1) is 0 Å². The molecule has 0 saturated carbocycles. The smallest absolute Gasteiger partial charge is 0.465 e. The van der Waals surface area contributed by atoms with Gasteiger partial charge in [-0.3, -0.25) is 0 Å². The lowest BCUT2D eigenvalue weighted by Crippen LogP contribution is -2.41. The van der Waals surface area contributed by atoms with E-state index in [1.165, 1.54) is 11.3 Å². The molecule has 4 nitrogen and oxygen atoms in total. The minimum atomic E-state index is -0.435. The van der Waals surface area contributed by atoms with Crippen LogP contribution >= 0.6 is 11.3 Å². The monoisotopic (exact) mass is 317 g/mol. The molecule has 0 atom stereocenters. The fraction of sp³-hybridized carbons (Fsp3) is 0.438. The van der Waals surface area contributed by atoms with Gasteiger partial charge in [-0.25, -0.2) is 4.98 Å². The second-order valence-corrected chi connectivity index (χ2v) is 7.22. The minimum absolute atomic E-state index is 0.355. The topological polar surface area (TPSA) is 40.6 Å². The van der Waals surface area contributed by atoms with Crippen molar-refractivity contribution in [3.63, 3.8) is 0 Å². The zero-order chi connectivity index (χ0) is 15.8. The van der Waals surface area contributed by atoms with Crippen molar-refractivity contribution < 1.29 is 14.0 Å². The summed E-state index contributed by atoms with van der Waals surface area (Å²) in [6.07, 6.45) is 0. The number of ether oxygens (including phenoxy) is 1. The zero-order valence-electron chi connectivity index (χ0n) is 13.3. The molecule has 3 rings (SSSR count). The Morgan fingerprint density at radius 3 is 2.36 bits per heavy atom. The van der Waals surface area contributed by atoms with Crippen molar-refractivity contribution >= 4 is 24.0 Å². The van der Waals surface area contributed by atoms with E-state index in [1.807, 2.05) is 63.4 Å². The fourth-order valence-electron chi connectivity index (χ4n) is 2.13. The summed E-state index contributed by atoms with van der Waals surface area (Å²) in [6, 6.07) is 10.0. The molecule has 2 aromatic rings. The molecular formula is C16H20BNO3S. The maximum absolute atomic E-state index is 5.99. The van der Waals surface area contributed by atoms with Crippen LogP contribution in [-0.2, 0) is 15.9 Å². The molecule has 0 unspecified atom stereocenters. The molecule has 0 radical (unpaired) electrons. The molecule has 1 aliphatic heterocycles. The van der Waals surface area contributed by atoms with Gasteiger partial charge >= 0.3 is 7.12 Å². The Morgan fingerprint density at radius 2 is 1.73 bits per heavy atom. The average Bonchev–Trinajstić information content (AvgIpc) is 3.01. The van der Waals surface area contributed by atoms with E-state index in [4.69, 9.17) is 14.0 Å². The number of benzene rings is 1. The van der Waals surface area contributed by atoms with E-state index in [2.05, 4.69) is 4.98 Å². The van der Waals surface area contributed by atoms with Crippen LogP contribution in [0, 0.1) is 0 Å². The molecule has 1 aromatic carbocycles. The van der Waals surface area contributed by atoms with Gasteiger partial charge < -0.3 is 14.0 Å². The summed E-state index contributed by atoms with van der Waals surface area (Å²) in [4.78, 5) is 4.48. The molecule has 1 aliphatic rings. The Morgan fingerprint density at radius 1 is 1.09 bits per heavy atom. The Kier molecular flexibility index (Phi) is 4.01. The van der Waals surface area contributed by atoms with E-state index in [1.54, 1.807) is 0 Å². The fourth-order valence-corrected chi connectivity index (χ4v) is 2.80. The summed E-state index contributed by atoms with van der Waals surface area (Å²) in [5, 5.41) is 2.57. The molecule has 1 fully saturated rings. The molecule has 1 aromatic heterocycles. The molecule has 6 heteroatoms. The normalized spacial score (nSPS) is 19.4. The third-order valence-corrected chi connectivity index (χ3v) is 4.97. The Bertz CT molecular complexity index is 626. The molecule has 22 heavy (non-hydrogen) atoms. The van der Waals surface area contributed by atoms with Crippen molar-refractivity contribution in [1.82, 2.24) is 4.98 Å². The van der Waals surface area contributed by atoms with E-state index in [-0.39, 0.29) is 11.2 Å². The van der Waals surface area contributed by atoms with E-state index in [0.717, 1.165) is 11.2 Å². The van der Waals surface area contributed by atoms with Gasteiger partial charge in [0.15, 0.2) is 0 Å². The number of hydrogen-bond acceptors (Lipinski definition) is 5. The quantitative estimate of drug-likeness (QED) is 0.813. The second-order valence-electron chi connectivity index (χ2n) is 6.40. The van der Waals surface area contributed by atoms with Crippen LogP contribution < -0.4 is 10.3 Å². The van der Waals surface area contributed by atoms with Gasteiger partial charge in [0.25, 0.3) is 5.19 Å². The average molecular weight is 317 g/mol. The highest BCUT2D eigenvalue weighted by Gasteiger charge is 2.52. The van der Waals surface area contributed by atoms with Crippen LogP contribution in [0.4, 0.5) is 0 Å². The lowest BCUT2D eigenvalue weighted by atomic mass is 9.86. The lowest BCUT2D eigenvalue weighted by Gasteiger charge is -2.32. The Hall–Kier alpha value is -1.37. The minimum Gasteiger partial charge on any atom is -0.465 e. The predicted molar refractivity (Wildman–Crippen MR) is 88.6 cm³/mol. The van der Waals surface area contributed by atoms with Crippen molar-refractivity contribution in [2.24, 2.45) is 0 Å². The molecule has 0 amide bonds. The molecule has 0 spiro atoms. The first-order chi connectivity index (χ1) is 10.4. The molecule has 0 bridgehead atoms. The van der Waals surface area contributed by atoms with Crippen LogP contribution in [0.1, 0.15) is 33.3 Å². The Labute approximate surface area is 135 Å². The van der Waals surface area contributed by atoms with Crippen LogP contribution in [0.15, 0.2) is 35.7 Å². The third kappa shape index (κ3) is 3.04. The van der Waals surface area contributed by atoms with Crippen molar-refractivity contribution in [1.29, 1.82) is 0 Å². The first-order valence-corrected chi connectivity index (χ1v) is 8.23. The molecule has 1 saturated heterocycles. The van der Waals surface area contributed by atoms with Crippen LogP contribution in [-0.4, -0.2) is 23.3 Å². The van der Waals surface area contributed by atoms with E-state index < -0.39 is 7.12 Å². The predicted octanol–water partition coefficient (Wildman–Crippen LogP) is 3.02. The van der Waals surface area contributed by atoms with E-state index in [9.17, 15) is 0 Å². The van der Waals surface area contributed by atoms with Gasteiger partial charge in [-0.05, 0) is 33.3 Å². The summed E-state index contributed by atoms with van der Waals surface area (Å²) < 4.78 is 17.7.